The van der Waals surface area contributed by atoms with Gasteiger partial charge in [0, 0.05) is 17.7 Å². The molecule has 0 amide bonds. The number of carbonyl (C=O) groups excluding carboxylic acids is 1. The van der Waals surface area contributed by atoms with Crippen LogP contribution in [0.25, 0.3) is 16.7 Å². The van der Waals surface area contributed by atoms with Gasteiger partial charge in [-0.15, -0.1) is 0 Å². The van der Waals surface area contributed by atoms with Crippen LogP contribution >= 0.6 is 15.9 Å². The Morgan fingerprint density at radius 1 is 0.971 bits per heavy atom. The number of rotatable bonds is 7. The number of benzene rings is 2. The largest absolute Gasteiger partial charge is 0.462 e. The minimum Gasteiger partial charge on any atom is -0.462 e. The van der Waals surface area contributed by atoms with Gasteiger partial charge in [0.15, 0.2) is 5.65 Å². The first kappa shape index (κ1) is 23.9. The van der Waals surface area contributed by atoms with Gasteiger partial charge >= 0.3 is 5.97 Å². The summed E-state index contributed by atoms with van der Waals surface area (Å²) in [7, 11) is 0. The van der Waals surface area contributed by atoms with Gasteiger partial charge < -0.3 is 9.30 Å². The first-order valence-corrected chi connectivity index (χ1v) is 12.3. The smallest absolute Gasteiger partial charge is 0.345 e. The lowest BCUT2D eigenvalue weighted by atomic mass is 9.96. The van der Waals surface area contributed by atoms with Crippen LogP contribution in [0.1, 0.15) is 47.6 Å². The summed E-state index contributed by atoms with van der Waals surface area (Å²) in [6.07, 6.45) is 0.834. The van der Waals surface area contributed by atoms with E-state index >= 15 is 0 Å². The van der Waals surface area contributed by atoms with Crippen molar-refractivity contribution < 1.29 is 9.53 Å². The van der Waals surface area contributed by atoms with Gasteiger partial charge in [0.25, 0.3) is 0 Å². The fourth-order valence-corrected chi connectivity index (χ4v) is 4.74. The van der Waals surface area contributed by atoms with Crippen molar-refractivity contribution in [2.24, 2.45) is 0 Å². The molecule has 174 valence electrons. The highest BCUT2D eigenvalue weighted by Crippen LogP contribution is 2.31. The number of aryl methyl sites for hydroxylation is 3. The summed E-state index contributed by atoms with van der Waals surface area (Å²) in [6.45, 7) is 9.02. The van der Waals surface area contributed by atoms with E-state index in [1.54, 1.807) is 6.92 Å². The number of aromatic nitrogens is 3. The monoisotopic (exact) mass is 517 g/mol. The number of nitrogens with zero attached hydrogens (tertiary/aromatic N) is 3. The van der Waals surface area contributed by atoms with E-state index in [1.165, 1.54) is 0 Å². The predicted octanol–water partition coefficient (Wildman–Crippen LogP) is 6.38. The van der Waals surface area contributed by atoms with Crippen LogP contribution in [-0.2, 0) is 22.5 Å². The average molecular weight is 518 g/mol. The van der Waals surface area contributed by atoms with Crippen molar-refractivity contribution in [2.75, 3.05) is 6.61 Å². The van der Waals surface area contributed by atoms with Crippen LogP contribution in [0.3, 0.4) is 0 Å². The molecule has 0 saturated carbocycles. The summed E-state index contributed by atoms with van der Waals surface area (Å²) in [5.41, 5.74) is 7.85. The quantitative estimate of drug-likeness (QED) is 0.211. The molecule has 6 heteroatoms. The summed E-state index contributed by atoms with van der Waals surface area (Å²) in [5.74, 6) is 0.648. The van der Waals surface area contributed by atoms with E-state index in [4.69, 9.17) is 14.7 Å². The first-order valence-electron chi connectivity index (χ1n) is 11.5. The van der Waals surface area contributed by atoms with Crippen LogP contribution in [0, 0.1) is 13.8 Å². The van der Waals surface area contributed by atoms with Gasteiger partial charge in [0.1, 0.15) is 15.8 Å². The van der Waals surface area contributed by atoms with Gasteiger partial charge in [0.2, 0.25) is 0 Å². The lowest BCUT2D eigenvalue weighted by molar-refractivity contribution is -0.137. The van der Waals surface area contributed by atoms with Crippen LogP contribution in [0.4, 0.5) is 0 Å². The van der Waals surface area contributed by atoms with E-state index in [0.29, 0.717) is 17.6 Å². The summed E-state index contributed by atoms with van der Waals surface area (Å²) >= 11 is 3.50. The second-order valence-electron chi connectivity index (χ2n) is 8.19. The highest BCUT2D eigenvalue weighted by Gasteiger charge is 2.18. The van der Waals surface area contributed by atoms with E-state index in [9.17, 15) is 4.79 Å². The molecule has 0 aliphatic heterocycles. The minimum absolute atomic E-state index is 0.320. The van der Waals surface area contributed by atoms with E-state index in [-0.39, 0.29) is 5.97 Å². The van der Waals surface area contributed by atoms with Gasteiger partial charge in [-0.1, -0.05) is 61.5 Å². The number of pyridine rings is 1. The second-order valence-corrected chi connectivity index (χ2v) is 8.99. The highest BCUT2D eigenvalue weighted by atomic mass is 79.9. The van der Waals surface area contributed by atoms with Crippen LogP contribution < -0.4 is 0 Å². The Bertz CT molecular complexity index is 1360. The fraction of sp³-hybridized carbons (Fsp3) is 0.250. The fourth-order valence-electron chi connectivity index (χ4n) is 4.17. The molecule has 0 aliphatic carbocycles. The van der Waals surface area contributed by atoms with Crippen LogP contribution in [0.15, 0.2) is 65.1 Å². The minimum atomic E-state index is -0.375. The Kier molecular flexibility index (Phi) is 7.27. The average Bonchev–Trinajstić information content (AvgIpc) is 3.18. The molecule has 0 aliphatic rings. The molecule has 2 heterocycles. The molecule has 0 unspecified atom stereocenters. The second kappa shape index (κ2) is 10.3. The van der Waals surface area contributed by atoms with Crippen molar-refractivity contribution in [1.82, 2.24) is 14.5 Å². The van der Waals surface area contributed by atoms with Crippen molar-refractivity contribution in [1.29, 1.82) is 0 Å². The van der Waals surface area contributed by atoms with E-state index < -0.39 is 0 Å². The van der Waals surface area contributed by atoms with E-state index in [0.717, 1.165) is 56.9 Å². The van der Waals surface area contributed by atoms with Gasteiger partial charge in [-0.25, -0.2) is 14.8 Å². The van der Waals surface area contributed by atoms with Crippen molar-refractivity contribution in [2.45, 2.75) is 40.7 Å². The zero-order chi connectivity index (χ0) is 24.2. The number of ether oxygens (including phenoxy) is 1. The van der Waals surface area contributed by atoms with Gasteiger partial charge in [-0.2, -0.15) is 0 Å². The normalized spacial score (nSPS) is 12.0. The maximum absolute atomic E-state index is 12.5. The van der Waals surface area contributed by atoms with Crippen molar-refractivity contribution in [3.05, 3.63) is 98.9 Å². The molecule has 0 fully saturated rings. The number of esters is 1. The molecule has 4 rings (SSSR count). The number of halogens is 1. The lowest BCUT2D eigenvalue weighted by Crippen LogP contribution is -2.07. The Hall–Kier alpha value is -3.25. The summed E-state index contributed by atoms with van der Waals surface area (Å²) in [5, 5.41) is 0. The Balaban J connectivity index is 1.73. The summed E-state index contributed by atoms with van der Waals surface area (Å²) in [6, 6.07) is 20.2. The van der Waals surface area contributed by atoms with Gasteiger partial charge in [0.05, 0.1) is 13.2 Å². The third-order valence-corrected chi connectivity index (χ3v) is 6.46. The third kappa shape index (κ3) is 4.82. The standard InChI is InChI=1S/C28H28BrN3O2/c1-5-23-31-26-18(3)16-19(4)30-27(26)32(23)17-20-12-14-22(15-13-20)24(21-10-8-7-9-11-21)25(29)28(33)34-6-2/h7-16H,5-6,17H2,1-4H3. The molecule has 2 aromatic heterocycles. The predicted molar refractivity (Wildman–Crippen MR) is 140 cm³/mol. The Morgan fingerprint density at radius 2 is 1.65 bits per heavy atom. The van der Waals surface area contributed by atoms with Crippen LogP contribution in [-0.4, -0.2) is 27.1 Å². The molecule has 0 spiro atoms. The van der Waals surface area contributed by atoms with Crippen molar-refractivity contribution in [3.8, 4) is 0 Å². The molecule has 34 heavy (non-hydrogen) atoms. The number of hydrogen-bond donors (Lipinski definition) is 0. The van der Waals surface area contributed by atoms with Crippen molar-refractivity contribution in [3.63, 3.8) is 0 Å². The van der Waals surface area contributed by atoms with Gasteiger partial charge in [-0.05, 0) is 65.0 Å². The molecule has 0 saturated heterocycles. The summed E-state index contributed by atoms with van der Waals surface area (Å²) < 4.78 is 7.86. The zero-order valence-electron chi connectivity index (χ0n) is 19.9. The number of imidazole rings is 1. The number of carbonyl (C=O) groups is 1. The molecule has 2 aromatic carbocycles. The topological polar surface area (TPSA) is 57.0 Å². The maximum Gasteiger partial charge on any atom is 0.345 e. The summed E-state index contributed by atoms with van der Waals surface area (Å²) in [4.78, 5) is 22.1. The molecule has 4 aromatic rings. The van der Waals surface area contributed by atoms with Crippen LogP contribution in [0.5, 0.6) is 0 Å². The number of fused-ring (bicyclic) bond motifs is 1. The number of hydrogen-bond acceptors (Lipinski definition) is 4. The molecule has 5 nitrogen and oxygen atoms in total. The molecule has 0 bridgehead atoms. The van der Waals surface area contributed by atoms with Crippen molar-refractivity contribution >= 4 is 38.6 Å². The highest BCUT2D eigenvalue weighted by molar-refractivity contribution is 9.12. The van der Waals surface area contributed by atoms with E-state index in [2.05, 4.69) is 52.5 Å². The first-order chi connectivity index (χ1) is 16.4. The third-order valence-electron chi connectivity index (χ3n) is 5.74. The molecular formula is C28H28BrN3O2. The lowest BCUT2D eigenvalue weighted by Gasteiger charge is -2.13. The molecular weight excluding hydrogens is 490 g/mol. The molecule has 0 N–H and O–H groups in total. The molecule has 0 atom stereocenters. The zero-order valence-corrected chi connectivity index (χ0v) is 21.5. The Morgan fingerprint density at radius 3 is 2.29 bits per heavy atom. The van der Waals surface area contributed by atoms with E-state index in [1.807, 2.05) is 49.4 Å². The Labute approximate surface area is 208 Å². The molecule has 0 radical (unpaired) electrons. The van der Waals surface area contributed by atoms with Gasteiger partial charge in [-0.3, -0.25) is 0 Å². The van der Waals surface area contributed by atoms with Crippen LogP contribution in [0.2, 0.25) is 0 Å². The SMILES string of the molecule is CCOC(=O)C(Br)=C(c1ccccc1)c1ccc(Cn2c(CC)nc3c(C)cc(C)nc32)cc1. The maximum atomic E-state index is 12.5.